The number of aliphatic hydroxyl groups is 1. The summed E-state index contributed by atoms with van der Waals surface area (Å²) in [6.07, 6.45) is 7.17. The molecule has 2 aromatic carbocycles. The highest BCUT2D eigenvalue weighted by molar-refractivity contribution is 5.92. The van der Waals surface area contributed by atoms with E-state index >= 15 is 0 Å². The number of amides is 1. The lowest BCUT2D eigenvalue weighted by Gasteiger charge is -2.33. The first kappa shape index (κ1) is 24.5. The number of hydrogen-bond acceptors (Lipinski definition) is 5. The first-order valence-corrected chi connectivity index (χ1v) is 12.5. The van der Waals surface area contributed by atoms with Gasteiger partial charge in [0.2, 0.25) is 5.91 Å². The number of para-hydroxylation sites is 1. The molecular weight excluding hydrogens is 426 g/mol. The molecule has 34 heavy (non-hydrogen) atoms. The van der Waals surface area contributed by atoms with Crippen LogP contribution in [0.25, 0.3) is 6.08 Å². The largest absolute Gasteiger partial charge is 0.490 e. The number of carbonyl (C=O) groups excluding carboxylic acids is 1. The number of benzene rings is 2. The van der Waals surface area contributed by atoms with Gasteiger partial charge in [0.05, 0.1) is 0 Å². The van der Waals surface area contributed by atoms with Crippen LogP contribution in [0.5, 0.6) is 5.75 Å². The third kappa shape index (κ3) is 7.42. The minimum atomic E-state index is -0.592. The second-order valence-corrected chi connectivity index (χ2v) is 9.31. The molecule has 2 N–H and O–H groups in total. The number of nitrogens with zero attached hydrogens (tertiary/aromatic N) is 2. The molecule has 0 spiro atoms. The Balaban J connectivity index is 1.17. The number of ether oxygens (including phenoxy) is 1. The maximum atomic E-state index is 12.3. The Bertz CT molecular complexity index is 920. The molecule has 182 valence electrons. The SMILES string of the molecule is O=C(C=Cc1ccccc1OCC(O)CNC1CCN(Cc2ccccc2)CC1)N1CCCC1. The Morgan fingerprint density at radius 2 is 1.74 bits per heavy atom. The van der Waals surface area contributed by atoms with E-state index in [-0.39, 0.29) is 12.5 Å². The molecule has 2 aromatic rings. The van der Waals surface area contributed by atoms with Crippen molar-refractivity contribution in [3.8, 4) is 5.75 Å². The van der Waals surface area contributed by atoms with Crippen LogP contribution in [-0.4, -0.2) is 72.3 Å². The molecule has 0 radical (unpaired) electrons. The first-order valence-electron chi connectivity index (χ1n) is 12.5. The van der Waals surface area contributed by atoms with Crippen molar-refractivity contribution in [1.29, 1.82) is 0 Å². The molecule has 1 amide bonds. The van der Waals surface area contributed by atoms with Gasteiger partial charge in [0.25, 0.3) is 0 Å². The molecule has 6 heteroatoms. The van der Waals surface area contributed by atoms with Gasteiger partial charge in [-0.25, -0.2) is 0 Å². The van der Waals surface area contributed by atoms with E-state index in [9.17, 15) is 9.90 Å². The molecule has 0 aliphatic carbocycles. The second kappa shape index (κ2) is 12.7. The van der Waals surface area contributed by atoms with Crippen LogP contribution in [0.1, 0.15) is 36.8 Å². The summed E-state index contributed by atoms with van der Waals surface area (Å²) in [6.45, 7) is 5.53. The molecule has 6 nitrogen and oxygen atoms in total. The number of carbonyl (C=O) groups is 1. The number of nitrogens with one attached hydrogen (secondary N) is 1. The molecular formula is C28H37N3O3. The number of piperidine rings is 1. The van der Waals surface area contributed by atoms with Crippen molar-refractivity contribution in [3.63, 3.8) is 0 Å². The number of likely N-dealkylation sites (tertiary alicyclic amines) is 2. The second-order valence-electron chi connectivity index (χ2n) is 9.31. The highest BCUT2D eigenvalue weighted by Gasteiger charge is 2.20. The molecule has 1 atom stereocenters. The monoisotopic (exact) mass is 463 g/mol. The normalized spacial score (nSPS) is 18.4. The highest BCUT2D eigenvalue weighted by atomic mass is 16.5. The van der Waals surface area contributed by atoms with Gasteiger partial charge >= 0.3 is 0 Å². The van der Waals surface area contributed by atoms with Gasteiger partial charge in [0.1, 0.15) is 18.5 Å². The standard InChI is InChI=1S/C28H37N3O3/c32-26(20-29-25-14-18-30(19-15-25)21-23-8-2-1-3-9-23)22-34-27-11-5-4-10-24(27)12-13-28(33)31-16-6-7-17-31/h1-5,8-13,25-26,29,32H,6-7,14-22H2. The lowest BCUT2D eigenvalue weighted by Crippen LogP contribution is -2.45. The van der Waals surface area contributed by atoms with Gasteiger partial charge in [-0.3, -0.25) is 9.69 Å². The minimum Gasteiger partial charge on any atom is -0.490 e. The Labute approximate surface area is 203 Å². The van der Waals surface area contributed by atoms with E-state index in [0.717, 1.165) is 64.0 Å². The maximum Gasteiger partial charge on any atom is 0.246 e. The lowest BCUT2D eigenvalue weighted by atomic mass is 10.0. The van der Waals surface area contributed by atoms with Crippen molar-refractivity contribution in [3.05, 3.63) is 71.8 Å². The van der Waals surface area contributed by atoms with Gasteiger partial charge in [0, 0.05) is 43.9 Å². The summed E-state index contributed by atoms with van der Waals surface area (Å²) >= 11 is 0. The van der Waals surface area contributed by atoms with E-state index in [0.29, 0.717) is 18.3 Å². The van der Waals surface area contributed by atoms with Crippen LogP contribution in [0.3, 0.4) is 0 Å². The van der Waals surface area contributed by atoms with Gasteiger partial charge in [-0.2, -0.15) is 0 Å². The summed E-state index contributed by atoms with van der Waals surface area (Å²) in [7, 11) is 0. The molecule has 2 heterocycles. The van der Waals surface area contributed by atoms with Crippen molar-refractivity contribution < 1.29 is 14.6 Å². The summed E-state index contributed by atoms with van der Waals surface area (Å²) in [6, 6.07) is 18.7. The van der Waals surface area contributed by atoms with Gasteiger partial charge in [0.15, 0.2) is 0 Å². The van der Waals surface area contributed by atoms with E-state index < -0.39 is 6.10 Å². The van der Waals surface area contributed by atoms with Gasteiger partial charge in [-0.15, -0.1) is 0 Å². The van der Waals surface area contributed by atoms with Gasteiger partial charge in [-0.1, -0.05) is 48.5 Å². The van der Waals surface area contributed by atoms with E-state index in [1.54, 1.807) is 6.08 Å². The Kier molecular flexibility index (Phi) is 9.13. The molecule has 1 unspecified atom stereocenters. The smallest absolute Gasteiger partial charge is 0.246 e. The van der Waals surface area contributed by atoms with Crippen molar-refractivity contribution in [2.24, 2.45) is 0 Å². The summed E-state index contributed by atoms with van der Waals surface area (Å²) in [4.78, 5) is 16.7. The quantitative estimate of drug-likeness (QED) is 0.530. The summed E-state index contributed by atoms with van der Waals surface area (Å²) in [5.41, 5.74) is 2.21. The molecule has 2 saturated heterocycles. The van der Waals surface area contributed by atoms with Crippen LogP contribution in [0, 0.1) is 0 Å². The number of rotatable bonds is 10. The zero-order chi connectivity index (χ0) is 23.6. The van der Waals surface area contributed by atoms with Crippen LogP contribution in [-0.2, 0) is 11.3 Å². The number of hydrogen-bond donors (Lipinski definition) is 2. The average Bonchev–Trinajstić information content (AvgIpc) is 3.42. The van der Waals surface area contributed by atoms with Crippen molar-refractivity contribution in [2.45, 2.75) is 44.4 Å². The summed E-state index contributed by atoms with van der Waals surface area (Å²) in [5.74, 6) is 0.729. The predicted molar refractivity (Wildman–Crippen MR) is 136 cm³/mol. The fourth-order valence-electron chi connectivity index (χ4n) is 4.64. The van der Waals surface area contributed by atoms with Crippen molar-refractivity contribution in [1.82, 2.24) is 15.1 Å². The van der Waals surface area contributed by atoms with Crippen molar-refractivity contribution in [2.75, 3.05) is 39.3 Å². The summed E-state index contributed by atoms with van der Waals surface area (Å²) < 4.78 is 5.91. The van der Waals surface area contributed by atoms with Gasteiger partial charge < -0.3 is 20.1 Å². The fourth-order valence-corrected chi connectivity index (χ4v) is 4.64. The Morgan fingerprint density at radius 1 is 1.03 bits per heavy atom. The van der Waals surface area contributed by atoms with E-state index in [4.69, 9.17) is 4.74 Å². The molecule has 2 fully saturated rings. The van der Waals surface area contributed by atoms with Crippen LogP contribution < -0.4 is 10.1 Å². The zero-order valence-corrected chi connectivity index (χ0v) is 19.9. The fraction of sp³-hybridized carbons (Fsp3) is 0.464. The predicted octanol–water partition coefficient (Wildman–Crippen LogP) is 3.32. The van der Waals surface area contributed by atoms with Crippen molar-refractivity contribution >= 4 is 12.0 Å². The topological polar surface area (TPSA) is 65.0 Å². The van der Waals surface area contributed by atoms with Gasteiger partial charge in [-0.05, 0) is 56.5 Å². The zero-order valence-electron chi connectivity index (χ0n) is 19.9. The van der Waals surface area contributed by atoms with E-state index in [2.05, 4.69) is 40.5 Å². The first-order chi connectivity index (χ1) is 16.7. The maximum absolute atomic E-state index is 12.3. The molecule has 0 saturated carbocycles. The third-order valence-corrected chi connectivity index (χ3v) is 6.65. The Hall–Kier alpha value is -2.67. The average molecular weight is 464 g/mol. The number of aliphatic hydroxyl groups excluding tert-OH is 1. The van der Waals surface area contributed by atoms with Crippen LogP contribution in [0.4, 0.5) is 0 Å². The van der Waals surface area contributed by atoms with Crippen LogP contribution in [0.15, 0.2) is 60.7 Å². The third-order valence-electron chi connectivity index (χ3n) is 6.65. The molecule has 0 aromatic heterocycles. The van der Waals surface area contributed by atoms with E-state index in [1.807, 2.05) is 35.2 Å². The summed E-state index contributed by atoms with van der Waals surface area (Å²) in [5, 5.41) is 14.0. The van der Waals surface area contributed by atoms with E-state index in [1.165, 1.54) is 5.56 Å². The van der Waals surface area contributed by atoms with Crippen LogP contribution >= 0.6 is 0 Å². The lowest BCUT2D eigenvalue weighted by molar-refractivity contribution is -0.124. The highest BCUT2D eigenvalue weighted by Crippen LogP contribution is 2.20. The molecule has 2 aliphatic rings. The molecule has 4 rings (SSSR count). The molecule has 2 aliphatic heterocycles. The Morgan fingerprint density at radius 3 is 2.50 bits per heavy atom. The van der Waals surface area contributed by atoms with Crippen LogP contribution in [0.2, 0.25) is 0 Å². The molecule has 0 bridgehead atoms. The minimum absolute atomic E-state index is 0.0475.